The minimum absolute atomic E-state index is 0.102. The van der Waals surface area contributed by atoms with Crippen molar-refractivity contribution in [1.29, 1.82) is 0 Å². The highest BCUT2D eigenvalue weighted by molar-refractivity contribution is 5.92. The lowest BCUT2D eigenvalue weighted by Gasteiger charge is -2.34. The van der Waals surface area contributed by atoms with Crippen molar-refractivity contribution in [3.63, 3.8) is 0 Å². The van der Waals surface area contributed by atoms with Crippen LogP contribution in [-0.4, -0.2) is 29.9 Å². The monoisotopic (exact) mass is 300 g/mol. The molecule has 116 valence electrons. The number of carbonyl (C=O) groups excluding carboxylic acids is 1. The van der Waals surface area contributed by atoms with Gasteiger partial charge in [-0.15, -0.1) is 0 Å². The molecule has 5 nitrogen and oxygen atoms in total. The van der Waals surface area contributed by atoms with Gasteiger partial charge in [-0.3, -0.25) is 4.79 Å². The number of carbonyl (C=O) groups is 1. The second kappa shape index (κ2) is 6.66. The van der Waals surface area contributed by atoms with Gasteiger partial charge in [-0.1, -0.05) is 18.2 Å². The summed E-state index contributed by atoms with van der Waals surface area (Å²) < 4.78 is 11.1. The summed E-state index contributed by atoms with van der Waals surface area (Å²) in [6.07, 6.45) is 3.08. The number of furan rings is 1. The molecule has 1 saturated heterocycles. The predicted molar refractivity (Wildman–Crippen MR) is 83.0 cm³/mol. The highest BCUT2D eigenvalue weighted by Crippen LogP contribution is 2.26. The number of piperidine rings is 1. The Balaban J connectivity index is 1.71. The third kappa shape index (κ3) is 3.14. The number of amides is 1. The molecule has 1 aromatic heterocycles. The quantitative estimate of drug-likeness (QED) is 0.942. The van der Waals surface area contributed by atoms with Gasteiger partial charge in [-0.05, 0) is 37.5 Å². The molecule has 1 atom stereocenters. The van der Waals surface area contributed by atoms with E-state index in [0.717, 1.165) is 25.8 Å². The predicted octanol–water partition coefficient (Wildman–Crippen LogP) is 3.03. The molecule has 5 heteroatoms. The van der Waals surface area contributed by atoms with Crippen molar-refractivity contribution in [2.24, 2.45) is 5.73 Å². The van der Waals surface area contributed by atoms with Crippen molar-refractivity contribution in [1.82, 2.24) is 4.90 Å². The second-order valence-electron chi connectivity index (χ2n) is 5.42. The minimum Gasteiger partial charge on any atom is -0.426 e. The molecule has 0 bridgehead atoms. The number of rotatable bonds is 4. The Kier molecular flexibility index (Phi) is 4.44. The van der Waals surface area contributed by atoms with Gasteiger partial charge in [0.25, 0.3) is 11.9 Å². The van der Waals surface area contributed by atoms with E-state index < -0.39 is 0 Å². The largest absolute Gasteiger partial charge is 0.426 e. The second-order valence-corrected chi connectivity index (χ2v) is 5.42. The summed E-state index contributed by atoms with van der Waals surface area (Å²) in [6.45, 7) is 1.22. The maximum atomic E-state index is 12.6. The Morgan fingerprint density at radius 3 is 2.82 bits per heavy atom. The van der Waals surface area contributed by atoms with E-state index in [0.29, 0.717) is 24.0 Å². The first-order valence-corrected chi connectivity index (χ1v) is 7.61. The van der Waals surface area contributed by atoms with E-state index in [2.05, 4.69) is 0 Å². The maximum Gasteiger partial charge on any atom is 0.290 e. The van der Waals surface area contributed by atoms with Crippen LogP contribution in [0, 0.1) is 0 Å². The molecule has 22 heavy (non-hydrogen) atoms. The van der Waals surface area contributed by atoms with Crippen LogP contribution in [0.15, 0.2) is 46.9 Å². The normalized spacial score (nSPS) is 18.2. The van der Waals surface area contributed by atoms with Crippen LogP contribution in [-0.2, 0) is 0 Å². The molecule has 0 saturated carbocycles. The van der Waals surface area contributed by atoms with E-state index in [1.54, 1.807) is 12.1 Å². The molecule has 1 unspecified atom stereocenters. The number of ether oxygens (including phenoxy) is 1. The molecular formula is C17H20N2O3. The smallest absolute Gasteiger partial charge is 0.290 e. The number of likely N-dealkylation sites (tertiary alicyclic amines) is 1. The molecular weight excluding hydrogens is 280 g/mol. The van der Waals surface area contributed by atoms with Gasteiger partial charge < -0.3 is 19.8 Å². The van der Waals surface area contributed by atoms with E-state index in [1.807, 2.05) is 35.2 Å². The van der Waals surface area contributed by atoms with Crippen LogP contribution in [0.3, 0.4) is 0 Å². The zero-order chi connectivity index (χ0) is 15.4. The van der Waals surface area contributed by atoms with Gasteiger partial charge in [-0.25, -0.2) is 0 Å². The van der Waals surface area contributed by atoms with Crippen LogP contribution in [0.25, 0.3) is 0 Å². The van der Waals surface area contributed by atoms with Crippen molar-refractivity contribution in [2.45, 2.75) is 25.3 Å². The topological polar surface area (TPSA) is 68.7 Å². The van der Waals surface area contributed by atoms with Crippen LogP contribution < -0.4 is 10.5 Å². The van der Waals surface area contributed by atoms with Gasteiger partial charge in [-0.2, -0.15) is 0 Å². The molecule has 1 aliphatic heterocycles. The Morgan fingerprint density at radius 2 is 2.05 bits per heavy atom. The first kappa shape index (κ1) is 14.7. The SMILES string of the molecule is NCC1CCCCN1C(=O)c1ccc(Oc2ccccc2)o1. The molecule has 2 aromatic rings. The summed E-state index contributed by atoms with van der Waals surface area (Å²) in [4.78, 5) is 14.4. The van der Waals surface area contributed by atoms with Gasteiger partial charge in [0.2, 0.25) is 0 Å². The number of benzene rings is 1. The fourth-order valence-electron chi connectivity index (χ4n) is 2.75. The summed E-state index contributed by atoms with van der Waals surface area (Å²) in [6, 6.07) is 12.8. The van der Waals surface area contributed by atoms with Gasteiger partial charge in [0.05, 0.1) is 0 Å². The Morgan fingerprint density at radius 1 is 1.23 bits per heavy atom. The summed E-state index contributed by atoms with van der Waals surface area (Å²) in [5, 5.41) is 0. The zero-order valence-electron chi connectivity index (χ0n) is 12.4. The van der Waals surface area contributed by atoms with E-state index in [1.165, 1.54) is 0 Å². The maximum absolute atomic E-state index is 12.6. The Bertz CT molecular complexity index is 624. The van der Waals surface area contributed by atoms with E-state index >= 15 is 0 Å². The minimum atomic E-state index is -0.113. The van der Waals surface area contributed by atoms with Gasteiger partial charge in [0, 0.05) is 25.2 Å². The third-order valence-corrected chi connectivity index (χ3v) is 3.91. The summed E-state index contributed by atoms with van der Waals surface area (Å²) in [5.41, 5.74) is 5.77. The van der Waals surface area contributed by atoms with Crippen LogP contribution in [0.4, 0.5) is 0 Å². The van der Waals surface area contributed by atoms with Gasteiger partial charge >= 0.3 is 0 Å². The van der Waals surface area contributed by atoms with Crippen LogP contribution in [0.5, 0.6) is 11.7 Å². The van der Waals surface area contributed by atoms with Crippen molar-refractivity contribution < 1.29 is 13.9 Å². The fourth-order valence-corrected chi connectivity index (χ4v) is 2.75. The van der Waals surface area contributed by atoms with Crippen molar-refractivity contribution in [3.05, 3.63) is 48.2 Å². The van der Waals surface area contributed by atoms with Crippen LogP contribution >= 0.6 is 0 Å². The molecule has 2 heterocycles. The van der Waals surface area contributed by atoms with E-state index in [-0.39, 0.29) is 11.9 Å². The molecule has 3 rings (SSSR count). The average molecular weight is 300 g/mol. The molecule has 0 spiro atoms. The zero-order valence-corrected chi connectivity index (χ0v) is 12.4. The fraction of sp³-hybridized carbons (Fsp3) is 0.353. The Hall–Kier alpha value is -2.27. The molecule has 1 fully saturated rings. The van der Waals surface area contributed by atoms with Crippen molar-refractivity contribution >= 4 is 5.91 Å². The van der Waals surface area contributed by atoms with Crippen molar-refractivity contribution in [3.8, 4) is 11.7 Å². The number of hydrogen-bond acceptors (Lipinski definition) is 4. The number of hydrogen-bond donors (Lipinski definition) is 1. The molecule has 0 aliphatic carbocycles. The first-order valence-electron chi connectivity index (χ1n) is 7.61. The lowest BCUT2D eigenvalue weighted by atomic mass is 10.0. The third-order valence-electron chi connectivity index (χ3n) is 3.91. The summed E-state index contributed by atoms with van der Waals surface area (Å²) in [5.74, 6) is 1.17. The molecule has 1 amide bonds. The highest BCUT2D eigenvalue weighted by atomic mass is 16.6. The Labute approximate surface area is 129 Å². The lowest BCUT2D eigenvalue weighted by molar-refractivity contribution is 0.0586. The van der Waals surface area contributed by atoms with E-state index in [9.17, 15) is 4.79 Å². The number of nitrogens with two attached hydrogens (primary N) is 1. The van der Waals surface area contributed by atoms with Gasteiger partial charge in [0.15, 0.2) is 5.76 Å². The molecule has 2 N–H and O–H groups in total. The van der Waals surface area contributed by atoms with Crippen LogP contribution in [0.1, 0.15) is 29.8 Å². The number of para-hydroxylation sites is 1. The summed E-state index contributed by atoms with van der Waals surface area (Å²) in [7, 11) is 0. The van der Waals surface area contributed by atoms with Crippen LogP contribution in [0.2, 0.25) is 0 Å². The summed E-state index contributed by atoms with van der Waals surface area (Å²) >= 11 is 0. The standard InChI is InChI=1S/C17H20N2O3/c18-12-13-6-4-5-11-19(13)17(20)15-9-10-16(22-15)21-14-7-2-1-3-8-14/h1-3,7-10,13H,4-6,11-12,18H2. The molecule has 1 aromatic carbocycles. The average Bonchev–Trinajstić information content (AvgIpc) is 3.03. The first-order chi connectivity index (χ1) is 10.8. The van der Waals surface area contributed by atoms with E-state index in [4.69, 9.17) is 14.9 Å². The van der Waals surface area contributed by atoms with Crippen molar-refractivity contribution in [2.75, 3.05) is 13.1 Å². The number of nitrogens with zero attached hydrogens (tertiary/aromatic N) is 1. The molecule has 0 radical (unpaired) electrons. The highest BCUT2D eigenvalue weighted by Gasteiger charge is 2.28. The molecule has 1 aliphatic rings. The van der Waals surface area contributed by atoms with Gasteiger partial charge in [0.1, 0.15) is 5.75 Å². The lowest BCUT2D eigenvalue weighted by Crippen LogP contribution is -2.47.